The van der Waals surface area contributed by atoms with Crippen LogP contribution in [0.2, 0.25) is 0 Å². The lowest BCUT2D eigenvalue weighted by Gasteiger charge is -2.32. The Morgan fingerprint density at radius 2 is 1.81 bits per heavy atom. The van der Waals surface area contributed by atoms with E-state index in [1.165, 1.54) is 36.6 Å². The molecule has 0 atom stereocenters. The molecule has 0 radical (unpaired) electrons. The minimum atomic E-state index is 0.298. The van der Waals surface area contributed by atoms with E-state index in [1.54, 1.807) is 0 Å². The Labute approximate surface area is 216 Å². The van der Waals surface area contributed by atoms with Gasteiger partial charge in [-0.2, -0.15) is 15.0 Å². The third-order valence-corrected chi connectivity index (χ3v) is 8.43. The van der Waals surface area contributed by atoms with Gasteiger partial charge in [-0.25, -0.2) is 0 Å². The lowest BCUT2D eigenvalue weighted by Crippen LogP contribution is -2.45. The van der Waals surface area contributed by atoms with Crippen LogP contribution in [0.15, 0.2) is 51.0 Å². The molecule has 0 unspecified atom stereocenters. The Balaban J connectivity index is 1.19. The van der Waals surface area contributed by atoms with Gasteiger partial charge in [-0.1, -0.05) is 18.6 Å². The van der Waals surface area contributed by atoms with Crippen LogP contribution in [0.5, 0.6) is 0 Å². The van der Waals surface area contributed by atoms with Crippen molar-refractivity contribution in [2.24, 2.45) is 16.8 Å². The van der Waals surface area contributed by atoms with Crippen molar-refractivity contribution in [1.29, 1.82) is 0 Å². The number of anilines is 2. The van der Waals surface area contributed by atoms with E-state index in [4.69, 9.17) is 15.0 Å². The summed E-state index contributed by atoms with van der Waals surface area (Å²) < 4.78 is 0. The van der Waals surface area contributed by atoms with E-state index in [-0.39, 0.29) is 0 Å². The summed E-state index contributed by atoms with van der Waals surface area (Å²) in [6, 6.07) is 8.21. The summed E-state index contributed by atoms with van der Waals surface area (Å²) in [5.74, 6) is 3.44. The molecular weight excluding hydrogens is 470 g/mol. The predicted molar refractivity (Wildman–Crippen MR) is 143 cm³/mol. The molecule has 0 amide bonds. The first-order valence-electron chi connectivity index (χ1n) is 13.1. The number of rotatable bonds is 8. The number of hydrogen-bond donors (Lipinski definition) is 1. The van der Waals surface area contributed by atoms with Gasteiger partial charge in [0.1, 0.15) is 11.6 Å². The first kappa shape index (κ1) is 23.6. The molecular formula is C27H33N7OS. The van der Waals surface area contributed by atoms with Crippen LogP contribution >= 0.6 is 11.8 Å². The highest BCUT2D eigenvalue weighted by Crippen LogP contribution is 2.35. The zero-order valence-corrected chi connectivity index (χ0v) is 21.6. The summed E-state index contributed by atoms with van der Waals surface area (Å²) >= 11 is 1.52. The number of piperazine rings is 1. The molecule has 6 rings (SSSR count). The number of carbonyl (C=O) groups excluding carboxylic acids is 1. The molecule has 0 bridgehead atoms. The molecule has 2 aliphatic carbocycles. The number of likely N-dealkylation sites (N-methyl/N-ethyl adjacent to an activating group) is 1. The maximum absolute atomic E-state index is 12.2. The van der Waals surface area contributed by atoms with Gasteiger partial charge >= 0.3 is 0 Å². The third-order valence-electron chi connectivity index (χ3n) is 7.56. The van der Waals surface area contributed by atoms with Gasteiger partial charge < -0.3 is 15.1 Å². The van der Waals surface area contributed by atoms with Gasteiger partial charge in [-0.05, 0) is 79.8 Å². The van der Waals surface area contributed by atoms with E-state index in [0.717, 1.165) is 61.9 Å². The van der Waals surface area contributed by atoms with Crippen molar-refractivity contribution in [2.45, 2.75) is 48.6 Å². The van der Waals surface area contributed by atoms with Crippen LogP contribution in [-0.2, 0) is 11.2 Å². The average molecular weight is 504 g/mol. The summed E-state index contributed by atoms with van der Waals surface area (Å²) in [6.45, 7) is 4.53. The minimum absolute atomic E-state index is 0.298. The monoisotopic (exact) mass is 503 g/mol. The fourth-order valence-electron chi connectivity index (χ4n) is 4.79. The van der Waals surface area contributed by atoms with Crippen molar-refractivity contribution in [3.8, 4) is 0 Å². The van der Waals surface area contributed by atoms with Crippen molar-refractivity contribution >= 4 is 35.3 Å². The minimum Gasteiger partial charge on any atom is -0.338 e. The van der Waals surface area contributed by atoms with E-state index in [1.807, 2.05) is 12.1 Å². The van der Waals surface area contributed by atoms with Crippen LogP contribution in [-0.4, -0.2) is 71.2 Å². The van der Waals surface area contributed by atoms with Crippen LogP contribution in [0, 0.1) is 11.8 Å². The molecule has 3 heterocycles. The summed E-state index contributed by atoms with van der Waals surface area (Å²) in [5, 5.41) is 4.02. The molecule has 3 fully saturated rings. The number of nitrogens with one attached hydrogen (secondary N) is 1. The topological polar surface area (TPSA) is 86.6 Å². The zero-order chi connectivity index (χ0) is 24.5. The largest absolute Gasteiger partial charge is 0.338 e. The second-order valence-electron chi connectivity index (χ2n) is 10.4. The maximum Gasteiger partial charge on any atom is 0.234 e. The van der Waals surface area contributed by atoms with Crippen molar-refractivity contribution in [1.82, 2.24) is 19.9 Å². The van der Waals surface area contributed by atoms with Crippen LogP contribution in [0.1, 0.15) is 37.7 Å². The normalized spacial score (nSPS) is 20.6. The fourth-order valence-corrected chi connectivity index (χ4v) is 5.53. The summed E-state index contributed by atoms with van der Waals surface area (Å²) in [4.78, 5) is 36.8. The third kappa shape index (κ3) is 5.62. The van der Waals surface area contributed by atoms with Gasteiger partial charge in [0, 0.05) is 43.4 Å². The molecule has 1 aromatic carbocycles. The number of aromatic nitrogens is 3. The first-order valence-corrected chi connectivity index (χ1v) is 13.9. The van der Waals surface area contributed by atoms with Gasteiger partial charge in [0.25, 0.3) is 0 Å². The average Bonchev–Trinajstić information content (AvgIpc) is 3.60. The van der Waals surface area contributed by atoms with Crippen LogP contribution in [0.4, 0.5) is 11.9 Å². The van der Waals surface area contributed by atoms with Crippen molar-refractivity contribution < 1.29 is 4.79 Å². The highest BCUT2D eigenvalue weighted by Gasteiger charge is 2.29. The highest BCUT2D eigenvalue weighted by molar-refractivity contribution is 7.99. The van der Waals surface area contributed by atoms with Crippen LogP contribution in [0.3, 0.4) is 0 Å². The summed E-state index contributed by atoms with van der Waals surface area (Å²) in [6.07, 6.45) is 8.71. The van der Waals surface area contributed by atoms with Gasteiger partial charge in [-0.3, -0.25) is 9.79 Å². The summed E-state index contributed by atoms with van der Waals surface area (Å²) in [7, 11) is 2.14. The molecule has 36 heavy (non-hydrogen) atoms. The fraction of sp³-hybridized carbons (Fsp3) is 0.519. The number of hydrogen-bond acceptors (Lipinski definition) is 9. The molecule has 2 aliphatic heterocycles. The first-order chi connectivity index (χ1) is 17.6. The van der Waals surface area contributed by atoms with Crippen molar-refractivity contribution in [3.63, 3.8) is 0 Å². The molecule has 1 saturated heterocycles. The Hall–Kier alpha value is -2.78. The Bertz CT molecular complexity index is 1180. The zero-order valence-electron chi connectivity index (χ0n) is 20.8. The number of carbonyl (C=O) groups is 1. The van der Waals surface area contributed by atoms with Crippen molar-refractivity contribution in [2.75, 3.05) is 50.0 Å². The van der Waals surface area contributed by atoms with Gasteiger partial charge in [-0.15, -0.1) is 0 Å². The lowest BCUT2D eigenvalue weighted by atomic mass is 9.80. The van der Waals surface area contributed by atoms with Crippen LogP contribution in [0.25, 0.3) is 0 Å². The quantitative estimate of drug-likeness (QED) is 0.581. The molecule has 2 saturated carbocycles. The lowest BCUT2D eigenvalue weighted by molar-refractivity contribution is -0.119. The second kappa shape index (κ2) is 10.3. The standard InChI is InChI=1S/C27H33N7OS/c1-33-11-13-34(14-12-33)26-30-25(29-24-16-21(17-28-24)19-3-2-4-19)31-27(32-26)36-22-9-5-18(6-10-22)15-23(35)20-7-8-20/h5-6,9-10,16,19-20H,2-4,7-8,11-15,17H2,1H3,(H,28,29,30,31,32). The Kier molecular flexibility index (Phi) is 6.75. The SMILES string of the molecule is CN1CCN(c2nc(NC3=NCC(C4CCC4)=C3)nc(Sc3ccc(CC(=O)C4CC4)cc3)n2)CC1. The summed E-state index contributed by atoms with van der Waals surface area (Å²) in [5.41, 5.74) is 2.49. The molecule has 8 nitrogen and oxygen atoms in total. The second-order valence-corrected chi connectivity index (χ2v) is 11.4. The van der Waals surface area contributed by atoms with Crippen LogP contribution < -0.4 is 10.2 Å². The molecule has 2 aromatic rings. The molecule has 1 N–H and O–H groups in total. The molecule has 9 heteroatoms. The molecule has 4 aliphatic rings. The Morgan fingerprint density at radius 1 is 1.03 bits per heavy atom. The van der Waals surface area contributed by atoms with E-state index >= 15 is 0 Å². The Morgan fingerprint density at radius 3 is 2.50 bits per heavy atom. The predicted octanol–water partition coefficient (Wildman–Crippen LogP) is 3.85. The molecule has 188 valence electrons. The number of benzene rings is 1. The number of ketones is 1. The number of amidine groups is 1. The highest BCUT2D eigenvalue weighted by atomic mass is 32.2. The number of Topliss-reactive ketones (excluding diaryl/α,β-unsaturated/α-hetero) is 1. The maximum atomic E-state index is 12.2. The van der Waals surface area contributed by atoms with Gasteiger partial charge in [0.05, 0.1) is 6.54 Å². The van der Waals surface area contributed by atoms with E-state index in [0.29, 0.717) is 41.1 Å². The smallest absolute Gasteiger partial charge is 0.234 e. The molecule has 0 spiro atoms. The number of nitrogens with zero attached hydrogens (tertiary/aromatic N) is 6. The molecule has 1 aromatic heterocycles. The van der Waals surface area contributed by atoms with E-state index < -0.39 is 0 Å². The number of aliphatic imine (C=N–C) groups is 1. The van der Waals surface area contributed by atoms with E-state index in [9.17, 15) is 4.79 Å². The van der Waals surface area contributed by atoms with E-state index in [2.05, 4.69) is 45.4 Å². The van der Waals surface area contributed by atoms with Gasteiger partial charge in [0.2, 0.25) is 11.9 Å². The van der Waals surface area contributed by atoms with Gasteiger partial charge in [0.15, 0.2) is 5.16 Å². The van der Waals surface area contributed by atoms with Crippen molar-refractivity contribution in [3.05, 3.63) is 41.5 Å².